The second kappa shape index (κ2) is 11.6. The van der Waals surface area contributed by atoms with Gasteiger partial charge in [0.25, 0.3) is 0 Å². The number of esters is 1. The van der Waals surface area contributed by atoms with Crippen LogP contribution in [0.3, 0.4) is 0 Å². The fourth-order valence-corrected chi connectivity index (χ4v) is 5.85. The fraction of sp³-hybridized carbons (Fsp3) is 0.481. The van der Waals surface area contributed by atoms with Crippen molar-refractivity contribution in [3.05, 3.63) is 60.7 Å². The molecule has 0 radical (unpaired) electrons. The van der Waals surface area contributed by atoms with E-state index < -0.39 is 8.32 Å². The molecule has 3 rings (SSSR count). The van der Waals surface area contributed by atoms with E-state index in [1.54, 1.807) is 19.4 Å². The molecule has 0 aliphatic heterocycles. The predicted octanol–water partition coefficient (Wildman–Crippen LogP) is 7.18. The largest absolute Gasteiger partial charge is 0.461 e. The van der Waals surface area contributed by atoms with Crippen LogP contribution in [0.25, 0.3) is 10.8 Å². The van der Waals surface area contributed by atoms with Crippen LogP contribution in [0.2, 0.25) is 18.1 Å². The summed E-state index contributed by atoms with van der Waals surface area (Å²) in [7, 11) is -1.94. The molecule has 0 saturated heterocycles. The average Bonchev–Trinajstić information content (AvgIpc) is 3.24. The first-order valence-corrected chi connectivity index (χ1v) is 16.0. The van der Waals surface area contributed by atoms with Crippen molar-refractivity contribution in [2.24, 2.45) is 0 Å². The normalized spacial score (nSPS) is 13.2. The van der Waals surface area contributed by atoms with Crippen LogP contribution in [-0.4, -0.2) is 42.3 Å². The van der Waals surface area contributed by atoms with E-state index in [0.29, 0.717) is 18.8 Å². The Balaban J connectivity index is 1.62. The minimum Gasteiger partial charge on any atom is -0.461 e. The molecule has 0 bridgehead atoms. The van der Waals surface area contributed by atoms with Gasteiger partial charge in [0.05, 0.1) is 19.0 Å². The Hall–Kier alpha value is -2.09. The number of fused-ring (bicyclic) bond motifs is 1. The molecule has 0 saturated carbocycles. The van der Waals surface area contributed by atoms with Crippen molar-refractivity contribution < 1.29 is 14.0 Å². The number of aromatic nitrogens is 2. The molecule has 0 fully saturated rings. The van der Waals surface area contributed by atoms with Crippen LogP contribution < -0.4 is 0 Å². The SMILES string of the molecule is CCOC(=O)c1cn(C[C@H](CCCSc2ccc3ccccc3c2)O[Si](C)(C)C(C)(C)C)cn1. The second-order valence-electron chi connectivity index (χ2n) is 10.2. The lowest BCUT2D eigenvalue weighted by Gasteiger charge is -2.39. The third-order valence-electron chi connectivity index (χ3n) is 6.46. The third kappa shape index (κ3) is 7.20. The highest BCUT2D eigenvalue weighted by Crippen LogP contribution is 2.38. The summed E-state index contributed by atoms with van der Waals surface area (Å²) in [5, 5.41) is 2.69. The van der Waals surface area contributed by atoms with Gasteiger partial charge in [-0.25, -0.2) is 9.78 Å². The molecule has 0 aliphatic rings. The van der Waals surface area contributed by atoms with E-state index in [2.05, 4.69) is 81.3 Å². The standard InChI is InChI=1S/C27H38N2O3SSi/c1-7-31-26(30)25-19-29(20-28-25)18-23(32-34(5,6)27(2,3)4)13-10-16-33-24-15-14-21-11-8-9-12-22(21)17-24/h8-9,11-12,14-15,17,19-20,23H,7,10,13,16,18H2,1-6H3/t23-/m0/s1. The van der Waals surface area contributed by atoms with Crippen LogP contribution in [0.1, 0.15) is 51.0 Å². The first-order valence-electron chi connectivity index (χ1n) is 12.1. The van der Waals surface area contributed by atoms with Crippen molar-refractivity contribution in [2.75, 3.05) is 12.4 Å². The van der Waals surface area contributed by atoms with Crippen molar-refractivity contribution >= 4 is 36.8 Å². The Morgan fingerprint density at radius 1 is 1.15 bits per heavy atom. The average molecular weight is 499 g/mol. The number of hydrogen-bond donors (Lipinski definition) is 0. The van der Waals surface area contributed by atoms with Gasteiger partial charge in [-0.05, 0) is 66.6 Å². The van der Waals surface area contributed by atoms with Crippen LogP contribution in [0, 0.1) is 0 Å². The van der Waals surface area contributed by atoms with Crippen LogP contribution in [-0.2, 0) is 15.7 Å². The maximum atomic E-state index is 12.0. The molecule has 1 atom stereocenters. The Morgan fingerprint density at radius 2 is 1.88 bits per heavy atom. The van der Waals surface area contributed by atoms with Gasteiger partial charge >= 0.3 is 5.97 Å². The van der Waals surface area contributed by atoms with E-state index in [1.807, 2.05) is 16.3 Å². The highest BCUT2D eigenvalue weighted by Gasteiger charge is 2.39. The van der Waals surface area contributed by atoms with Gasteiger partial charge in [-0.15, -0.1) is 11.8 Å². The molecule has 0 amide bonds. The minimum atomic E-state index is -1.94. The quantitative estimate of drug-likeness (QED) is 0.121. The van der Waals surface area contributed by atoms with Gasteiger partial charge in [0.1, 0.15) is 0 Å². The van der Waals surface area contributed by atoms with Gasteiger partial charge in [0.2, 0.25) is 0 Å². The molecule has 7 heteroatoms. The molecule has 34 heavy (non-hydrogen) atoms. The molecule has 184 valence electrons. The van der Waals surface area contributed by atoms with Gasteiger partial charge < -0.3 is 13.7 Å². The summed E-state index contributed by atoms with van der Waals surface area (Å²) < 4.78 is 13.8. The maximum Gasteiger partial charge on any atom is 0.358 e. The zero-order chi connectivity index (χ0) is 24.8. The molecule has 0 spiro atoms. The zero-order valence-electron chi connectivity index (χ0n) is 21.3. The number of benzene rings is 2. The molecular weight excluding hydrogens is 460 g/mol. The lowest BCUT2D eigenvalue weighted by atomic mass is 10.1. The van der Waals surface area contributed by atoms with E-state index >= 15 is 0 Å². The molecule has 1 heterocycles. The summed E-state index contributed by atoms with van der Waals surface area (Å²) in [5.74, 6) is 0.656. The topological polar surface area (TPSA) is 53.4 Å². The Morgan fingerprint density at radius 3 is 2.59 bits per heavy atom. The van der Waals surface area contributed by atoms with Crippen LogP contribution in [0.15, 0.2) is 59.9 Å². The number of rotatable bonds is 11. The Kier molecular flexibility index (Phi) is 9.01. The lowest BCUT2D eigenvalue weighted by Crippen LogP contribution is -2.45. The first kappa shape index (κ1) is 26.5. The lowest BCUT2D eigenvalue weighted by molar-refractivity contribution is 0.0519. The fourth-order valence-electron chi connectivity index (χ4n) is 3.54. The summed E-state index contributed by atoms with van der Waals surface area (Å²) in [6.07, 6.45) is 5.56. The molecule has 0 aliphatic carbocycles. The highest BCUT2D eigenvalue weighted by molar-refractivity contribution is 7.99. The van der Waals surface area contributed by atoms with Crippen molar-refractivity contribution in [3.63, 3.8) is 0 Å². The van der Waals surface area contributed by atoms with Gasteiger partial charge in [-0.2, -0.15) is 0 Å². The molecule has 1 aromatic heterocycles. The predicted molar refractivity (Wildman–Crippen MR) is 144 cm³/mol. The summed E-state index contributed by atoms with van der Waals surface area (Å²) in [4.78, 5) is 17.5. The van der Waals surface area contributed by atoms with Gasteiger partial charge in [0.15, 0.2) is 14.0 Å². The van der Waals surface area contributed by atoms with E-state index in [1.165, 1.54) is 15.7 Å². The molecular formula is C27H38N2O3SSi. The summed E-state index contributed by atoms with van der Waals surface area (Å²) >= 11 is 1.90. The number of ether oxygens (including phenoxy) is 1. The molecule has 5 nitrogen and oxygen atoms in total. The third-order valence-corrected chi connectivity index (χ3v) is 12.1. The van der Waals surface area contributed by atoms with Crippen LogP contribution in [0.5, 0.6) is 0 Å². The number of imidazole rings is 1. The first-order chi connectivity index (χ1) is 16.1. The number of hydrogen-bond acceptors (Lipinski definition) is 5. The smallest absolute Gasteiger partial charge is 0.358 e. The summed E-state index contributed by atoms with van der Waals surface area (Å²) in [5.41, 5.74) is 0.347. The van der Waals surface area contributed by atoms with Gasteiger partial charge in [-0.1, -0.05) is 51.1 Å². The van der Waals surface area contributed by atoms with Gasteiger partial charge in [0, 0.05) is 17.6 Å². The number of nitrogens with zero attached hydrogens (tertiary/aromatic N) is 2. The molecule has 3 aromatic rings. The minimum absolute atomic E-state index is 0.0716. The maximum absolute atomic E-state index is 12.0. The molecule has 2 aromatic carbocycles. The Labute approximate surface area is 209 Å². The van der Waals surface area contributed by atoms with Gasteiger partial charge in [-0.3, -0.25) is 0 Å². The van der Waals surface area contributed by atoms with Crippen molar-refractivity contribution in [2.45, 2.75) is 76.2 Å². The summed E-state index contributed by atoms with van der Waals surface area (Å²) in [6.45, 7) is 14.2. The van der Waals surface area contributed by atoms with Crippen LogP contribution in [0.4, 0.5) is 0 Å². The van der Waals surface area contributed by atoms with E-state index in [-0.39, 0.29) is 17.1 Å². The van der Waals surface area contributed by atoms with Crippen LogP contribution >= 0.6 is 11.8 Å². The highest BCUT2D eigenvalue weighted by atomic mass is 32.2. The van der Waals surface area contributed by atoms with Crippen molar-refractivity contribution in [1.29, 1.82) is 0 Å². The molecule has 0 N–H and O–H groups in total. The van der Waals surface area contributed by atoms with E-state index in [0.717, 1.165) is 18.6 Å². The van der Waals surface area contributed by atoms with E-state index in [9.17, 15) is 4.79 Å². The number of thioether (sulfide) groups is 1. The molecule has 0 unspecified atom stereocenters. The van der Waals surface area contributed by atoms with Crippen molar-refractivity contribution in [1.82, 2.24) is 9.55 Å². The second-order valence-corrected chi connectivity index (χ2v) is 16.1. The summed E-state index contributed by atoms with van der Waals surface area (Å²) in [6, 6.07) is 15.1. The zero-order valence-corrected chi connectivity index (χ0v) is 23.2. The monoisotopic (exact) mass is 498 g/mol. The Bertz CT molecular complexity index is 1090. The number of carbonyl (C=O) groups excluding carboxylic acids is 1. The number of carbonyl (C=O) groups is 1. The van der Waals surface area contributed by atoms with E-state index in [4.69, 9.17) is 9.16 Å². The van der Waals surface area contributed by atoms with Crippen molar-refractivity contribution in [3.8, 4) is 0 Å².